The third-order valence-corrected chi connectivity index (χ3v) is 3.93. The van der Waals surface area contributed by atoms with E-state index in [2.05, 4.69) is 5.32 Å². The summed E-state index contributed by atoms with van der Waals surface area (Å²) >= 11 is 0. The van der Waals surface area contributed by atoms with Crippen molar-refractivity contribution >= 4 is 11.6 Å². The monoisotopic (exact) mass is 260 g/mol. The lowest BCUT2D eigenvalue weighted by Crippen LogP contribution is -2.26. The smallest absolute Gasteiger partial charge is 0.224 e. The summed E-state index contributed by atoms with van der Waals surface area (Å²) in [6.07, 6.45) is 8.39. The van der Waals surface area contributed by atoms with Crippen LogP contribution in [0, 0.1) is 5.92 Å². The van der Waals surface area contributed by atoms with Gasteiger partial charge in [0.05, 0.1) is 6.42 Å². The summed E-state index contributed by atoms with van der Waals surface area (Å²) in [6.45, 7) is 0.810. The number of amides is 1. The van der Waals surface area contributed by atoms with E-state index < -0.39 is 0 Å². The van der Waals surface area contributed by atoms with Gasteiger partial charge in [0.25, 0.3) is 0 Å². The van der Waals surface area contributed by atoms with Gasteiger partial charge in [-0.2, -0.15) is 0 Å². The maximum absolute atomic E-state index is 11.8. The lowest BCUT2D eigenvalue weighted by molar-refractivity contribution is -0.120. The summed E-state index contributed by atoms with van der Waals surface area (Å²) in [5, 5.41) is 3.00. The Labute approximate surface area is 115 Å². The van der Waals surface area contributed by atoms with Crippen molar-refractivity contribution in [2.75, 3.05) is 12.3 Å². The molecule has 1 aromatic rings. The number of hydrogen-bond acceptors (Lipinski definition) is 2. The molecule has 0 atom stereocenters. The Morgan fingerprint density at radius 3 is 2.58 bits per heavy atom. The number of rotatable bonds is 6. The van der Waals surface area contributed by atoms with E-state index in [-0.39, 0.29) is 5.91 Å². The molecule has 1 aromatic carbocycles. The number of hydrogen-bond donors (Lipinski definition) is 2. The van der Waals surface area contributed by atoms with Crippen LogP contribution in [0.3, 0.4) is 0 Å². The SMILES string of the molecule is Nc1ccc(CC(=O)NCCCC2CCCC2)cc1. The third kappa shape index (κ3) is 4.93. The summed E-state index contributed by atoms with van der Waals surface area (Å²) in [6, 6.07) is 7.49. The number of nitrogen functional groups attached to an aromatic ring is 1. The Morgan fingerprint density at radius 1 is 1.21 bits per heavy atom. The van der Waals surface area contributed by atoms with E-state index >= 15 is 0 Å². The maximum Gasteiger partial charge on any atom is 0.224 e. The number of benzene rings is 1. The Kier molecular flexibility index (Phi) is 5.25. The predicted molar refractivity (Wildman–Crippen MR) is 78.8 cm³/mol. The van der Waals surface area contributed by atoms with E-state index in [4.69, 9.17) is 5.73 Å². The van der Waals surface area contributed by atoms with Crippen molar-refractivity contribution in [1.29, 1.82) is 0 Å². The first-order valence-corrected chi connectivity index (χ1v) is 7.35. The Hall–Kier alpha value is -1.51. The minimum atomic E-state index is 0.108. The van der Waals surface area contributed by atoms with E-state index in [0.717, 1.165) is 30.1 Å². The molecule has 0 unspecified atom stereocenters. The normalized spacial score (nSPS) is 15.6. The number of anilines is 1. The summed E-state index contributed by atoms with van der Waals surface area (Å²) in [4.78, 5) is 11.8. The lowest BCUT2D eigenvalue weighted by atomic mass is 10.0. The van der Waals surface area contributed by atoms with Crippen LogP contribution in [0.25, 0.3) is 0 Å². The van der Waals surface area contributed by atoms with Crippen LogP contribution < -0.4 is 11.1 Å². The molecule has 1 saturated carbocycles. The second-order valence-corrected chi connectivity index (χ2v) is 5.56. The van der Waals surface area contributed by atoms with Gasteiger partial charge in [-0.15, -0.1) is 0 Å². The number of nitrogens with one attached hydrogen (secondary N) is 1. The molecule has 3 nitrogen and oxygen atoms in total. The highest BCUT2D eigenvalue weighted by atomic mass is 16.1. The molecule has 1 fully saturated rings. The van der Waals surface area contributed by atoms with E-state index in [1.54, 1.807) is 0 Å². The topological polar surface area (TPSA) is 55.1 Å². The Morgan fingerprint density at radius 2 is 1.89 bits per heavy atom. The molecule has 104 valence electrons. The van der Waals surface area contributed by atoms with Crippen molar-refractivity contribution in [1.82, 2.24) is 5.32 Å². The average molecular weight is 260 g/mol. The summed E-state index contributed by atoms with van der Waals surface area (Å²) < 4.78 is 0. The van der Waals surface area contributed by atoms with Crippen molar-refractivity contribution in [3.63, 3.8) is 0 Å². The van der Waals surface area contributed by atoms with E-state index in [1.165, 1.54) is 32.1 Å². The van der Waals surface area contributed by atoms with Crippen LogP contribution in [0.1, 0.15) is 44.1 Å². The summed E-state index contributed by atoms with van der Waals surface area (Å²) in [7, 11) is 0. The van der Waals surface area contributed by atoms with Gasteiger partial charge in [0.2, 0.25) is 5.91 Å². The number of carbonyl (C=O) groups is 1. The highest BCUT2D eigenvalue weighted by Crippen LogP contribution is 2.28. The van der Waals surface area contributed by atoms with Crippen LogP contribution >= 0.6 is 0 Å². The molecule has 3 heteroatoms. The minimum absolute atomic E-state index is 0.108. The maximum atomic E-state index is 11.8. The Bertz CT molecular complexity index is 394. The fourth-order valence-corrected chi connectivity index (χ4v) is 2.80. The zero-order valence-electron chi connectivity index (χ0n) is 11.5. The molecule has 3 N–H and O–H groups in total. The van der Waals surface area contributed by atoms with Crippen LogP contribution in [0.15, 0.2) is 24.3 Å². The van der Waals surface area contributed by atoms with Crippen molar-refractivity contribution in [3.05, 3.63) is 29.8 Å². The molecule has 2 rings (SSSR count). The molecule has 19 heavy (non-hydrogen) atoms. The zero-order chi connectivity index (χ0) is 13.5. The first kappa shape index (κ1) is 13.9. The highest BCUT2D eigenvalue weighted by Gasteiger charge is 2.14. The van der Waals surface area contributed by atoms with Gasteiger partial charge < -0.3 is 11.1 Å². The van der Waals surface area contributed by atoms with Gasteiger partial charge in [-0.25, -0.2) is 0 Å². The van der Waals surface area contributed by atoms with Crippen LogP contribution in [0.2, 0.25) is 0 Å². The van der Waals surface area contributed by atoms with Gasteiger partial charge in [-0.1, -0.05) is 37.8 Å². The average Bonchev–Trinajstić information content (AvgIpc) is 2.91. The minimum Gasteiger partial charge on any atom is -0.399 e. The molecule has 1 aliphatic carbocycles. The van der Waals surface area contributed by atoms with E-state index in [9.17, 15) is 4.79 Å². The molecule has 0 radical (unpaired) electrons. The second-order valence-electron chi connectivity index (χ2n) is 5.56. The second kappa shape index (κ2) is 7.17. The van der Waals surface area contributed by atoms with E-state index in [0.29, 0.717) is 6.42 Å². The van der Waals surface area contributed by atoms with Gasteiger partial charge in [-0.3, -0.25) is 4.79 Å². The van der Waals surface area contributed by atoms with Crippen LogP contribution in [-0.4, -0.2) is 12.5 Å². The van der Waals surface area contributed by atoms with Crippen molar-refractivity contribution in [2.45, 2.75) is 44.9 Å². The van der Waals surface area contributed by atoms with Gasteiger partial charge in [0.1, 0.15) is 0 Å². The van der Waals surface area contributed by atoms with Gasteiger partial charge in [0.15, 0.2) is 0 Å². The molecule has 0 saturated heterocycles. The summed E-state index contributed by atoms with van der Waals surface area (Å²) in [5.74, 6) is 1.02. The fraction of sp³-hybridized carbons (Fsp3) is 0.562. The van der Waals surface area contributed by atoms with Crippen LogP contribution in [0.4, 0.5) is 5.69 Å². The fourth-order valence-electron chi connectivity index (χ4n) is 2.80. The molecular weight excluding hydrogens is 236 g/mol. The molecule has 1 aliphatic rings. The molecule has 1 amide bonds. The standard InChI is InChI=1S/C16H24N2O/c17-15-9-7-14(8-10-15)12-16(19)18-11-3-6-13-4-1-2-5-13/h7-10,13H,1-6,11-12,17H2,(H,18,19). The van der Waals surface area contributed by atoms with Crippen LogP contribution in [0.5, 0.6) is 0 Å². The van der Waals surface area contributed by atoms with Crippen molar-refractivity contribution in [3.8, 4) is 0 Å². The number of carbonyl (C=O) groups excluding carboxylic acids is 1. The summed E-state index contributed by atoms with van der Waals surface area (Å²) in [5.41, 5.74) is 7.37. The largest absolute Gasteiger partial charge is 0.399 e. The number of nitrogens with two attached hydrogens (primary N) is 1. The molecule has 0 spiro atoms. The third-order valence-electron chi connectivity index (χ3n) is 3.93. The van der Waals surface area contributed by atoms with Crippen LogP contribution in [-0.2, 0) is 11.2 Å². The quantitative estimate of drug-likeness (QED) is 0.610. The first-order valence-electron chi connectivity index (χ1n) is 7.35. The van der Waals surface area contributed by atoms with Gasteiger partial charge in [-0.05, 0) is 36.5 Å². The molecule has 0 heterocycles. The van der Waals surface area contributed by atoms with Crippen molar-refractivity contribution < 1.29 is 4.79 Å². The lowest BCUT2D eigenvalue weighted by Gasteiger charge is -2.09. The van der Waals surface area contributed by atoms with Gasteiger partial charge >= 0.3 is 0 Å². The molecule has 0 bridgehead atoms. The first-order chi connectivity index (χ1) is 9.24. The van der Waals surface area contributed by atoms with E-state index in [1.807, 2.05) is 24.3 Å². The molecule has 0 aromatic heterocycles. The molecule has 0 aliphatic heterocycles. The molecular formula is C16H24N2O. The Balaban J connectivity index is 1.60. The van der Waals surface area contributed by atoms with Crippen molar-refractivity contribution in [2.24, 2.45) is 5.92 Å². The highest BCUT2D eigenvalue weighted by molar-refractivity contribution is 5.78. The van der Waals surface area contributed by atoms with Gasteiger partial charge in [0, 0.05) is 12.2 Å². The zero-order valence-corrected chi connectivity index (χ0v) is 11.5. The predicted octanol–water partition coefficient (Wildman–Crippen LogP) is 2.90.